The van der Waals surface area contributed by atoms with Gasteiger partial charge >= 0.3 is 6.09 Å². The summed E-state index contributed by atoms with van der Waals surface area (Å²) in [6.07, 6.45) is 0.697. The monoisotopic (exact) mass is 469 g/mol. The van der Waals surface area contributed by atoms with Gasteiger partial charge in [0.05, 0.1) is 12.1 Å². The fourth-order valence-corrected chi connectivity index (χ4v) is 9.64. The summed E-state index contributed by atoms with van der Waals surface area (Å²) in [6, 6.07) is 20.8. The molecule has 0 bridgehead atoms. The van der Waals surface area contributed by atoms with Crippen LogP contribution >= 0.6 is 0 Å². The van der Waals surface area contributed by atoms with E-state index >= 15 is 0 Å². The van der Waals surface area contributed by atoms with Crippen LogP contribution in [0.1, 0.15) is 54.4 Å². The number of alkyl carbamates (subject to hydrolysis) is 1. The minimum Gasteiger partial charge on any atom is -0.444 e. The van der Waals surface area contributed by atoms with Gasteiger partial charge in [-0.1, -0.05) is 81.4 Å². The second kappa shape index (κ2) is 10.00. The zero-order valence-electron chi connectivity index (χ0n) is 20.8. The molecule has 0 unspecified atom stereocenters. The van der Waals surface area contributed by atoms with Crippen LogP contribution in [0.15, 0.2) is 60.7 Å². The molecular formula is C27H39NO4Si. The maximum Gasteiger partial charge on any atom is 0.407 e. The summed E-state index contributed by atoms with van der Waals surface area (Å²) < 4.78 is 12.8. The lowest BCUT2D eigenvalue weighted by molar-refractivity contribution is 0.0459. The van der Waals surface area contributed by atoms with Crippen LogP contribution in [0, 0.1) is 5.92 Å². The number of carbonyl (C=O) groups is 1. The van der Waals surface area contributed by atoms with Crippen molar-refractivity contribution in [3.8, 4) is 0 Å². The highest BCUT2D eigenvalue weighted by Crippen LogP contribution is 2.40. The van der Waals surface area contributed by atoms with Crippen molar-refractivity contribution in [1.82, 2.24) is 5.32 Å². The van der Waals surface area contributed by atoms with E-state index in [0.29, 0.717) is 12.8 Å². The van der Waals surface area contributed by atoms with Gasteiger partial charge in [0.15, 0.2) is 0 Å². The predicted octanol–water partition coefficient (Wildman–Crippen LogP) is 4.23. The van der Waals surface area contributed by atoms with Crippen LogP contribution < -0.4 is 15.7 Å². The lowest BCUT2D eigenvalue weighted by Gasteiger charge is -2.45. The van der Waals surface area contributed by atoms with Gasteiger partial charge in [0, 0.05) is 6.61 Å². The number of aliphatic hydroxyl groups excluding tert-OH is 1. The Hall–Kier alpha value is -2.15. The molecule has 2 aromatic rings. The van der Waals surface area contributed by atoms with E-state index in [4.69, 9.17) is 9.16 Å². The standard InChI is InChI=1S/C27H39NO4Si/c1-26(2,3)31-25(30)28-23-17-20(19-29)18-24(23)32-33(27(4,5)6,21-13-9-7-10-14-21)22-15-11-8-12-16-22/h7-16,20,23-24,29H,17-19H2,1-6H3,(H,28,30)/t20-,23-,24-/m1/s1. The van der Waals surface area contributed by atoms with Crippen LogP contribution in [-0.4, -0.2) is 43.9 Å². The third-order valence-electron chi connectivity index (χ3n) is 6.31. The first kappa shape index (κ1) is 25.5. The van der Waals surface area contributed by atoms with E-state index in [1.165, 1.54) is 10.4 Å². The maximum atomic E-state index is 12.6. The smallest absolute Gasteiger partial charge is 0.407 e. The van der Waals surface area contributed by atoms with Gasteiger partial charge in [0.25, 0.3) is 8.32 Å². The first-order valence-corrected chi connectivity index (χ1v) is 13.8. The van der Waals surface area contributed by atoms with Crippen LogP contribution in [0.25, 0.3) is 0 Å². The number of hydrogen-bond donors (Lipinski definition) is 2. The van der Waals surface area contributed by atoms with E-state index < -0.39 is 20.0 Å². The molecule has 1 amide bonds. The van der Waals surface area contributed by atoms with Crippen molar-refractivity contribution in [1.29, 1.82) is 0 Å². The Labute approximate surface area is 199 Å². The summed E-state index contributed by atoms with van der Waals surface area (Å²) in [5.41, 5.74) is -0.576. The normalized spacial score (nSPS) is 21.6. The van der Waals surface area contributed by atoms with Gasteiger partial charge in [-0.3, -0.25) is 0 Å². The Morgan fingerprint density at radius 1 is 0.939 bits per heavy atom. The molecule has 0 saturated heterocycles. The molecule has 1 aliphatic rings. The molecule has 0 spiro atoms. The summed E-state index contributed by atoms with van der Waals surface area (Å²) in [7, 11) is -2.77. The predicted molar refractivity (Wildman–Crippen MR) is 135 cm³/mol. The van der Waals surface area contributed by atoms with Gasteiger partial charge in [-0.2, -0.15) is 0 Å². The van der Waals surface area contributed by atoms with Crippen molar-refractivity contribution in [3.63, 3.8) is 0 Å². The number of aliphatic hydroxyl groups is 1. The molecule has 6 heteroatoms. The zero-order chi connectivity index (χ0) is 24.3. The van der Waals surface area contributed by atoms with Crippen molar-refractivity contribution >= 4 is 24.8 Å². The van der Waals surface area contributed by atoms with Gasteiger partial charge in [-0.15, -0.1) is 0 Å². The van der Waals surface area contributed by atoms with Crippen LogP contribution in [0.5, 0.6) is 0 Å². The number of nitrogens with one attached hydrogen (secondary N) is 1. The second-order valence-corrected chi connectivity index (χ2v) is 15.3. The SMILES string of the molecule is CC(C)(C)OC(=O)N[C@@H]1C[C@@H](CO)C[C@H]1O[Si](c1ccccc1)(c1ccccc1)C(C)(C)C. The number of hydrogen-bond acceptors (Lipinski definition) is 4. The number of rotatable bonds is 6. The Morgan fingerprint density at radius 2 is 1.45 bits per heavy atom. The average molecular weight is 470 g/mol. The van der Waals surface area contributed by atoms with Crippen molar-refractivity contribution in [3.05, 3.63) is 60.7 Å². The molecule has 0 aromatic heterocycles. The van der Waals surface area contributed by atoms with Crippen molar-refractivity contribution in [2.45, 2.75) is 77.2 Å². The lowest BCUT2D eigenvalue weighted by atomic mass is 10.1. The van der Waals surface area contributed by atoms with E-state index in [0.717, 1.165) is 0 Å². The third kappa shape index (κ3) is 5.86. The molecule has 1 saturated carbocycles. The first-order valence-electron chi connectivity index (χ1n) is 11.9. The van der Waals surface area contributed by atoms with E-state index in [1.54, 1.807) is 0 Å². The Bertz CT molecular complexity index is 866. The van der Waals surface area contributed by atoms with Gasteiger partial charge in [0.2, 0.25) is 0 Å². The summed E-state index contributed by atoms with van der Waals surface area (Å²) in [4.78, 5) is 12.6. The van der Waals surface area contributed by atoms with E-state index in [1.807, 2.05) is 32.9 Å². The third-order valence-corrected chi connectivity index (χ3v) is 11.4. The summed E-state index contributed by atoms with van der Waals surface area (Å²) in [6.45, 7) is 12.4. The zero-order valence-corrected chi connectivity index (χ0v) is 21.8. The molecule has 0 aliphatic heterocycles. The topological polar surface area (TPSA) is 67.8 Å². The quantitative estimate of drug-likeness (QED) is 0.622. The highest BCUT2D eigenvalue weighted by molar-refractivity contribution is 6.99. The minimum absolute atomic E-state index is 0.0765. The average Bonchev–Trinajstić information content (AvgIpc) is 3.12. The number of carbonyl (C=O) groups excluding carboxylic acids is 1. The summed E-state index contributed by atoms with van der Waals surface area (Å²) >= 11 is 0. The van der Waals surface area contributed by atoms with E-state index in [2.05, 4.69) is 74.6 Å². The molecule has 2 N–H and O–H groups in total. The van der Waals surface area contributed by atoms with Crippen LogP contribution in [-0.2, 0) is 9.16 Å². The van der Waals surface area contributed by atoms with Gasteiger partial charge < -0.3 is 19.6 Å². The molecule has 180 valence electrons. The molecule has 1 aliphatic carbocycles. The number of amides is 1. The molecule has 33 heavy (non-hydrogen) atoms. The van der Waals surface area contributed by atoms with Crippen molar-refractivity contribution in [2.75, 3.05) is 6.61 Å². The molecule has 1 fully saturated rings. The van der Waals surface area contributed by atoms with Gasteiger partial charge in [-0.05, 0) is 54.9 Å². The maximum absolute atomic E-state index is 12.6. The lowest BCUT2D eigenvalue weighted by Crippen LogP contribution is -2.68. The fraction of sp³-hybridized carbons (Fsp3) is 0.519. The molecule has 3 rings (SSSR count). The van der Waals surface area contributed by atoms with E-state index in [-0.39, 0.29) is 29.7 Å². The molecule has 0 radical (unpaired) electrons. The van der Waals surface area contributed by atoms with Crippen LogP contribution in [0.2, 0.25) is 5.04 Å². The second-order valence-electron chi connectivity index (χ2n) is 11.1. The molecule has 2 aromatic carbocycles. The van der Waals surface area contributed by atoms with Crippen molar-refractivity contribution in [2.24, 2.45) is 5.92 Å². The highest BCUT2D eigenvalue weighted by Gasteiger charge is 2.53. The molecular weight excluding hydrogens is 430 g/mol. The number of ether oxygens (including phenoxy) is 1. The van der Waals surface area contributed by atoms with Crippen molar-refractivity contribution < 1.29 is 19.1 Å². The summed E-state index contributed by atoms with van der Waals surface area (Å²) in [5, 5.41) is 15.2. The number of benzene rings is 2. The van der Waals surface area contributed by atoms with Gasteiger partial charge in [-0.25, -0.2) is 4.79 Å². The highest BCUT2D eigenvalue weighted by atomic mass is 28.4. The molecule has 5 nitrogen and oxygen atoms in total. The Balaban J connectivity index is 2.03. The first-order chi connectivity index (χ1) is 15.5. The molecule has 3 atom stereocenters. The Kier molecular flexibility index (Phi) is 7.71. The minimum atomic E-state index is -2.77. The molecule has 0 heterocycles. The van der Waals surface area contributed by atoms with Gasteiger partial charge in [0.1, 0.15) is 5.60 Å². The van der Waals surface area contributed by atoms with E-state index in [9.17, 15) is 9.90 Å². The fourth-order valence-electron chi connectivity index (χ4n) is 4.91. The van der Waals surface area contributed by atoms with Crippen LogP contribution in [0.4, 0.5) is 4.79 Å². The Morgan fingerprint density at radius 3 is 1.88 bits per heavy atom. The van der Waals surface area contributed by atoms with Crippen LogP contribution in [0.3, 0.4) is 0 Å². The largest absolute Gasteiger partial charge is 0.444 e. The summed E-state index contributed by atoms with van der Waals surface area (Å²) in [5.74, 6) is 0.0770.